The molecule has 0 atom stereocenters. The number of ether oxygens (including phenoxy) is 1. The van der Waals surface area contributed by atoms with E-state index >= 15 is 0 Å². The zero-order valence-electron chi connectivity index (χ0n) is 12.8. The smallest absolute Gasteiger partial charge is 1.00 e. The summed E-state index contributed by atoms with van der Waals surface area (Å²) in [7, 11) is -4.64. The first-order chi connectivity index (χ1) is 9.72. The van der Waals surface area contributed by atoms with E-state index in [0.29, 0.717) is 18.2 Å². The van der Waals surface area contributed by atoms with Crippen molar-refractivity contribution in [3.05, 3.63) is 10.4 Å². The van der Waals surface area contributed by atoms with Gasteiger partial charge in [-0.25, -0.2) is 4.57 Å². The van der Waals surface area contributed by atoms with E-state index in [1.54, 1.807) is 4.90 Å². The number of hydrogen-bond donors (Lipinski definition) is 7. The van der Waals surface area contributed by atoms with E-state index in [2.05, 4.69) is 15.3 Å². The van der Waals surface area contributed by atoms with Crippen LogP contribution in [-0.4, -0.2) is 56.4 Å². The molecule has 1 aliphatic heterocycles. The molecule has 0 amide bonds. The van der Waals surface area contributed by atoms with Crippen LogP contribution >= 0.6 is 7.82 Å². The standard InChI is InChI=1S/C8H13N5O3.K.H3O4P.H/c9-8-11-6-5(7(15)12-8)10-3-13(6)4-16-2-1-14;;1-5(2,3)4;/h10,14H,1-4H2,(H3,9,11,12,15);;(H3,1,2,3,4);/q;+1;;-1. The fraction of sp³-hybridized carbons (Fsp3) is 0.500. The summed E-state index contributed by atoms with van der Waals surface area (Å²) in [4.78, 5) is 41.2. The van der Waals surface area contributed by atoms with E-state index in [4.69, 9.17) is 34.8 Å². The number of aromatic nitrogens is 2. The van der Waals surface area contributed by atoms with Crippen LogP contribution in [0.25, 0.3) is 0 Å². The number of rotatable bonds is 4. The summed E-state index contributed by atoms with van der Waals surface area (Å²) in [6.07, 6.45) is 0. The maximum absolute atomic E-state index is 11.5. The minimum Gasteiger partial charge on any atom is -1.00 e. The van der Waals surface area contributed by atoms with E-state index in [-0.39, 0.29) is 84.3 Å². The second-order valence-electron chi connectivity index (χ2n) is 3.80. The molecule has 2 heterocycles. The number of nitrogen functional groups attached to an aromatic ring is 1. The molecule has 14 heteroatoms. The molecule has 0 saturated heterocycles. The summed E-state index contributed by atoms with van der Waals surface area (Å²) in [5.74, 6) is 0.541. The first-order valence-corrected chi connectivity index (χ1v) is 7.14. The maximum Gasteiger partial charge on any atom is 1.00 e. The van der Waals surface area contributed by atoms with Gasteiger partial charge in [-0.05, 0) is 0 Å². The van der Waals surface area contributed by atoms with Gasteiger partial charge in [0.15, 0.2) is 5.82 Å². The number of H-pyrrole nitrogens is 1. The Bertz CT molecular complexity index is 576. The third-order valence-electron chi connectivity index (χ3n) is 2.15. The van der Waals surface area contributed by atoms with Crippen molar-refractivity contribution in [3.63, 3.8) is 0 Å². The minimum atomic E-state index is -4.64. The minimum absolute atomic E-state index is 0. The summed E-state index contributed by atoms with van der Waals surface area (Å²) in [5, 5.41) is 11.5. The normalized spacial score (nSPS) is 12.6. The summed E-state index contributed by atoms with van der Waals surface area (Å²) in [6, 6.07) is 0. The Hall–Kier alpha value is -0.0536. The van der Waals surface area contributed by atoms with Gasteiger partial charge in [-0.3, -0.25) is 9.78 Å². The Balaban J connectivity index is 0. The van der Waals surface area contributed by atoms with Gasteiger partial charge < -0.3 is 41.9 Å². The van der Waals surface area contributed by atoms with E-state index in [0.717, 1.165) is 0 Å². The first-order valence-electron chi connectivity index (χ1n) is 5.58. The molecule has 2 rings (SSSR count). The quantitative estimate of drug-likeness (QED) is 0.153. The van der Waals surface area contributed by atoms with Gasteiger partial charge in [0.2, 0.25) is 5.95 Å². The first kappa shape index (κ1) is 21.9. The van der Waals surface area contributed by atoms with Crippen LogP contribution in [0.1, 0.15) is 1.43 Å². The molecule has 0 unspecified atom stereocenters. The Morgan fingerprint density at radius 3 is 2.59 bits per heavy atom. The Morgan fingerprint density at radius 2 is 2.05 bits per heavy atom. The van der Waals surface area contributed by atoms with Crippen LogP contribution in [-0.2, 0) is 9.30 Å². The number of aliphatic hydroxyl groups excluding tert-OH is 1. The number of hydrogen-bond acceptors (Lipinski definition) is 8. The van der Waals surface area contributed by atoms with Gasteiger partial charge in [0.05, 0.1) is 19.9 Å². The molecule has 12 nitrogen and oxygen atoms in total. The molecule has 0 fully saturated rings. The summed E-state index contributed by atoms with van der Waals surface area (Å²) in [5.41, 5.74) is 5.54. The fourth-order valence-corrected chi connectivity index (χ4v) is 1.46. The molecule has 1 aromatic heterocycles. The molecule has 122 valence electrons. The average molecular weight is 365 g/mol. The molecule has 0 bridgehead atoms. The van der Waals surface area contributed by atoms with Crippen LogP contribution in [0, 0.1) is 0 Å². The van der Waals surface area contributed by atoms with Gasteiger partial charge in [-0.2, -0.15) is 4.98 Å². The van der Waals surface area contributed by atoms with Gasteiger partial charge >= 0.3 is 59.2 Å². The summed E-state index contributed by atoms with van der Waals surface area (Å²) in [6.45, 7) is 0.875. The van der Waals surface area contributed by atoms with Gasteiger partial charge in [0.1, 0.15) is 12.4 Å². The molecule has 1 aromatic rings. The van der Waals surface area contributed by atoms with Crippen LogP contribution in [0.15, 0.2) is 4.79 Å². The second-order valence-corrected chi connectivity index (χ2v) is 4.83. The zero-order valence-corrected chi connectivity index (χ0v) is 15.8. The number of phosphoric acid groups is 1. The largest absolute Gasteiger partial charge is 1.00 e. The molecule has 1 aliphatic rings. The van der Waals surface area contributed by atoms with Gasteiger partial charge in [-0.1, -0.05) is 0 Å². The molecular weight excluding hydrogens is 348 g/mol. The van der Waals surface area contributed by atoms with Crippen molar-refractivity contribution in [1.82, 2.24) is 9.97 Å². The number of anilines is 3. The van der Waals surface area contributed by atoms with Crippen molar-refractivity contribution in [2.45, 2.75) is 0 Å². The van der Waals surface area contributed by atoms with Crippen molar-refractivity contribution in [1.29, 1.82) is 0 Å². The van der Waals surface area contributed by atoms with Crippen molar-refractivity contribution in [2.75, 3.05) is 42.6 Å². The van der Waals surface area contributed by atoms with Gasteiger partial charge in [0, 0.05) is 0 Å². The van der Waals surface area contributed by atoms with Crippen LogP contribution in [0.3, 0.4) is 0 Å². The van der Waals surface area contributed by atoms with E-state index in [9.17, 15) is 4.79 Å². The number of aromatic amines is 1. The van der Waals surface area contributed by atoms with Crippen molar-refractivity contribution >= 4 is 25.3 Å². The maximum atomic E-state index is 11.5. The predicted octanol–water partition coefficient (Wildman–Crippen LogP) is -5.30. The van der Waals surface area contributed by atoms with Crippen LogP contribution in [0.4, 0.5) is 17.5 Å². The Labute approximate surface area is 168 Å². The van der Waals surface area contributed by atoms with Gasteiger partial charge in [0.25, 0.3) is 5.56 Å². The van der Waals surface area contributed by atoms with E-state index in [1.165, 1.54) is 0 Å². The van der Waals surface area contributed by atoms with Crippen molar-refractivity contribution in [3.8, 4) is 0 Å². The van der Waals surface area contributed by atoms with E-state index in [1.807, 2.05) is 0 Å². The topological polar surface area (TPSA) is 194 Å². The monoisotopic (exact) mass is 365 g/mol. The van der Waals surface area contributed by atoms with Crippen LogP contribution in [0.2, 0.25) is 0 Å². The number of nitrogens with one attached hydrogen (secondary N) is 2. The fourth-order valence-electron chi connectivity index (χ4n) is 1.46. The molecule has 8 N–H and O–H groups in total. The molecule has 0 aliphatic carbocycles. The third-order valence-corrected chi connectivity index (χ3v) is 2.15. The number of nitrogens with zero attached hydrogens (tertiary/aromatic N) is 2. The second kappa shape index (κ2) is 9.95. The molecular formula is C8H17KN5O7P. The van der Waals surface area contributed by atoms with Gasteiger partial charge in [-0.15, -0.1) is 0 Å². The number of nitrogens with two attached hydrogens (primary N) is 1. The molecule has 0 aromatic carbocycles. The molecule has 0 radical (unpaired) electrons. The van der Waals surface area contributed by atoms with Crippen LogP contribution in [0.5, 0.6) is 0 Å². The number of fused-ring (bicyclic) bond motifs is 1. The molecule has 22 heavy (non-hydrogen) atoms. The predicted molar refractivity (Wildman–Crippen MR) is 73.5 cm³/mol. The van der Waals surface area contributed by atoms with Crippen molar-refractivity contribution < 1.29 is 81.9 Å². The summed E-state index contributed by atoms with van der Waals surface area (Å²) >= 11 is 0. The van der Waals surface area contributed by atoms with Crippen molar-refractivity contribution in [2.24, 2.45) is 0 Å². The van der Waals surface area contributed by atoms with Crippen LogP contribution < -0.4 is 72.9 Å². The Morgan fingerprint density at radius 1 is 1.45 bits per heavy atom. The SMILES string of the molecule is Nc1nc2c(c(=O)[nH]1)NCN2COCCO.O=P(O)(O)O.[H-].[K+]. The summed E-state index contributed by atoms with van der Waals surface area (Å²) < 4.78 is 14.0. The molecule has 0 saturated carbocycles. The van der Waals surface area contributed by atoms with E-state index < -0.39 is 7.82 Å². The average Bonchev–Trinajstić information content (AvgIpc) is 2.71. The zero-order chi connectivity index (χ0) is 16.0. The third kappa shape index (κ3) is 7.98. The Kier molecular flexibility index (Phi) is 9.92. The molecule has 0 spiro atoms. The number of aliphatic hydroxyl groups is 1.